The first kappa shape index (κ1) is 29.8. The number of aromatic nitrogens is 2. The van der Waals surface area contributed by atoms with E-state index in [1.807, 2.05) is 38.2 Å². The van der Waals surface area contributed by atoms with Crippen LogP contribution in [0.15, 0.2) is 41.3 Å². The molecular weight excluding hydrogens is 524 g/mol. The van der Waals surface area contributed by atoms with Gasteiger partial charge in [-0.1, -0.05) is 12.8 Å². The third-order valence-corrected chi connectivity index (χ3v) is 9.13. The van der Waals surface area contributed by atoms with Gasteiger partial charge in [0.05, 0.1) is 0 Å². The normalized spacial score (nSPS) is 16.2. The second kappa shape index (κ2) is 13.1. The average molecular weight is 571 g/mol. The lowest BCUT2D eigenvalue weighted by atomic mass is 9.96. The van der Waals surface area contributed by atoms with Crippen molar-refractivity contribution in [2.24, 2.45) is 5.92 Å². The molecule has 8 nitrogen and oxygen atoms in total. The molecule has 42 heavy (non-hydrogen) atoms. The van der Waals surface area contributed by atoms with Crippen molar-refractivity contribution in [2.45, 2.75) is 59.9 Å². The molecule has 8 heteroatoms. The van der Waals surface area contributed by atoms with Gasteiger partial charge >= 0.3 is 0 Å². The third-order valence-electron chi connectivity index (χ3n) is 9.13. The van der Waals surface area contributed by atoms with Crippen LogP contribution in [0, 0.1) is 26.7 Å². The highest BCUT2D eigenvalue weighted by Gasteiger charge is 2.23. The predicted molar refractivity (Wildman–Crippen MR) is 172 cm³/mol. The Hall–Kier alpha value is -3.65. The van der Waals surface area contributed by atoms with Crippen LogP contribution in [-0.2, 0) is 6.54 Å². The molecule has 2 aromatic heterocycles. The van der Waals surface area contributed by atoms with Crippen LogP contribution in [0.5, 0.6) is 0 Å². The fourth-order valence-electron chi connectivity index (χ4n) is 6.50. The van der Waals surface area contributed by atoms with Gasteiger partial charge < -0.3 is 25.0 Å². The third kappa shape index (κ3) is 6.70. The highest BCUT2D eigenvalue weighted by atomic mass is 16.1. The molecule has 2 fully saturated rings. The van der Waals surface area contributed by atoms with Crippen LogP contribution in [0.4, 0.5) is 11.5 Å². The van der Waals surface area contributed by atoms with Crippen molar-refractivity contribution in [1.82, 2.24) is 20.2 Å². The summed E-state index contributed by atoms with van der Waals surface area (Å²) in [6.45, 7) is 14.0. The van der Waals surface area contributed by atoms with Gasteiger partial charge in [0.15, 0.2) is 0 Å². The average Bonchev–Trinajstić information content (AvgIpc) is 3.49. The summed E-state index contributed by atoms with van der Waals surface area (Å²) in [6.07, 6.45) is 7.03. The van der Waals surface area contributed by atoms with Gasteiger partial charge in [-0.2, -0.15) is 0 Å². The monoisotopic (exact) mass is 570 g/mol. The minimum absolute atomic E-state index is 0.152. The maximum atomic E-state index is 13.8. The summed E-state index contributed by atoms with van der Waals surface area (Å²) >= 11 is 0. The van der Waals surface area contributed by atoms with Gasteiger partial charge in [0.2, 0.25) is 0 Å². The molecule has 0 radical (unpaired) electrons. The number of aryl methyl sites for hydroxylation is 2. The number of benzene rings is 1. The van der Waals surface area contributed by atoms with Crippen molar-refractivity contribution in [2.75, 3.05) is 56.1 Å². The number of nitrogens with zero attached hydrogens (tertiary/aromatic N) is 4. The van der Waals surface area contributed by atoms with E-state index in [9.17, 15) is 9.59 Å². The molecule has 3 aromatic rings. The Bertz CT molecular complexity index is 1470. The fraction of sp³-hybridized carbons (Fsp3) is 0.500. The fourth-order valence-corrected chi connectivity index (χ4v) is 6.50. The molecule has 1 amide bonds. The van der Waals surface area contributed by atoms with Crippen molar-refractivity contribution in [3.63, 3.8) is 0 Å². The van der Waals surface area contributed by atoms with E-state index >= 15 is 0 Å². The highest BCUT2D eigenvalue weighted by Crippen LogP contribution is 2.34. The second-order valence-electron chi connectivity index (χ2n) is 12.2. The highest BCUT2D eigenvalue weighted by molar-refractivity contribution is 5.99. The number of aromatic amines is 1. The van der Waals surface area contributed by atoms with Crippen LogP contribution in [0.1, 0.15) is 65.3 Å². The largest absolute Gasteiger partial charge is 0.371 e. The number of rotatable bonds is 9. The molecule has 3 heterocycles. The zero-order chi connectivity index (χ0) is 29.8. The molecule has 1 aliphatic heterocycles. The lowest BCUT2D eigenvalue weighted by Crippen LogP contribution is -2.44. The van der Waals surface area contributed by atoms with Gasteiger partial charge in [-0.3, -0.25) is 9.59 Å². The van der Waals surface area contributed by atoms with Gasteiger partial charge in [0.1, 0.15) is 5.82 Å². The number of carbonyl (C=O) groups is 1. The van der Waals surface area contributed by atoms with E-state index in [1.54, 1.807) is 0 Å². The summed E-state index contributed by atoms with van der Waals surface area (Å²) in [5.74, 6) is 1.49. The minimum Gasteiger partial charge on any atom is -0.371 e. The molecule has 2 N–H and O–H groups in total. The van der Waals surface area contributed by atoms with Gasteiger partial charge in [0, 0.05) is 74.5 Å². The van der Waals surface area contributed by atoms with Crippen molar-refractivity contribution in [3.8, 4) is 11.1 Å². The van der Waals surface area contributed by atoms with E-state index in [0.717, 1.165) is 78.7 Å². The van der Waals surface area contributed by atoms with E-state index in [4.69, 9.17) is 4.98 Å². The number of likely N-dealkylation sites (N-methyl/N-ethyl adjacent to an activating group) is 1. The summed E-state index contributed by atoms with van der Waals surface area (Å²) in [5.41, 5.74) is 6.91. The molecule has 0 bridgehead atoms. The van der Waals surface area contributed by atoms with Crippen molar-refractivity contribution >= 4 is 17.4 Å². The van der Waals surface area contributed by atoms with Gasteiger partial charge in [0.25, 0.3) is 11.5 Å². The van der Waals surface area contributed by atoms with E-state index < -0.39 is 0 Å². The first-order valence-corrected chi connectivity index (χ1v) is 15.5. The lowest BCUT2D eigenvalue weighted by molar-refractivity contribution is 0.0950. The van der Waals surface area contributed by atoms with Gasteiger partial charge in [-0.15, -0.1) is 0 Å². The number of amides is 1. The Morgan fingerprint density at radius 1 is 1.05 bits per heavy atom. The van der Waals surface area contributed by atoms with Crippen molar-refractivity contribution in [1.29, 1.82) is 0 Å². The van der Waals surface area contributed by atoms with Gasteiger partial charge in [-0.25, -0.2) is 4.98 Å². The van der Waals surface area contributed by atoms with Crippen LogP contribution in [0.2, 0.25) is 0 Å². The van der Waals surface area contributed by atoms with Crippen LogP contribution in [0.3, 0.4) is 0 Å². The molecule has 0 atom stereocenters. The topological polar surface area (TPSA) is 84.6 Å². The summed E-state index contributed by atoms with van der Waals surface area (Å²) in [5, 5.41) is 3.06. The van der Waals surface area contributed by atoms with Crippen LogP contribution in [-0.4, -0.2) is 67.1 Å². The molecule has 2 aliphatic rings. The summed E-state index contributed by atoms with van der Waals surface area (Å²) in [6, 6.07) is 10.4. The Kier molecular flexibility index (Phi) is 9.31. The molecule has 0 spiro atoms. The minimum atomic E-state index is -0.166. The molecule has 224 valence electrons. The molecule has 1 saturated heterocycles. The number of carbonyl (C=O) groups excluding carboxylic acids is 1. The Morgan fingerprint density at radius 3 is 2.48 bits per heavy atom. The molecule has 1 aromatic carbocycles. The van der Waals surface area contributed by atoms with Crippen LogP contribution >= 0.6 is 0 Å². The number of anilines is 2. The van der Waals surface area contributed by atoms with E-state index in [2.05, 4.69) is 58.0 Å². The van der Waals surface area contributed by atoms with E-state index in [0.29, 0.717) is 17.0 Å². The first-order valence-electron chi connectivity index (χ1n) is 15.5. The SMILES string of the molecule is CCN(CC1CCCC1)c1cc(-c2ccnc(N3CCN(C)CC3)c2)cc(C(=O)NCc2c(C)cc(C)[nH]c2=O)c1C. The summed E-state index contributed by atoms with van der Waals surface area (Å²) in [4.78, 5) is 41.1. The predicted octanol–water partition coefficient (Wildman–Crippen LogP) is 5.06. The number of nitrogens with one attached hydrogen (secondary N) is 2. The maximum absolute atomic E-state index is 13.8. The van der Waals surface area contributed by atoms with Crippen LogP contribution < -0.4 is 20.7 Å². The molecule has 1 aliphatic carbocycles. The smallest absolute Gasteiger partial charge is 0.253 e. The summed E-state index contributed by atoms with van der Waals surface area (Å²) < 4.78 is 0. The number of piperazine rings is 1. The van der Waals surface area contributed by atoms with E-state index in [1.165, 1.54) is 25.7 Å². The quantitative estimate of drug-likeness (QED) is 0.374. The molecule has 1 saturated carbocycles. The Morgan fingerprint density at radius 2 is 1.79 bits per heavy atom. The first-order chi connectivity index (χ1) is 20.2. The Labute approximate surface area is 250 Å². The van der Waals surface area contributed by atoms with E-state index in [-0.39, 0.29) is 18.0 Å². The number of hydrogen-bond acceptors (Lipinski definition) is 6. The summed E-state index contributed by atoms with van der Waals surface area (Å²) in [7, 11) is 2.16. The number of pyridine rings is 2. The standard InChI is InChI=1S/C34H46N6O2/c1-6-39(22-26-9-7-8-10-26)31-19-28(27-11-12-35-32(20-27)40-15-13-38(5)14-16-40)18-29(25(31)4)33(41)36-21-30-23(2)17-24(3)37-34(30)42/h11-12,17-20,26H,6-10,13-16,21-22H2,1-5H3,(H,36,41)(H,37,42). The number of H-pyrrole nitrogens is 1. The van der Waals surface area contributed by atoms with Crippen molar-refractivity contribution in [3.05, 3.63) is 74.8 Å². The zero-order valence-corrected chi connectivity index (χ0v) is 25.9. The molecular formula is C34H46N6O2. The second-order valence-corrected chi connectivity index (χ2v) is 12.2. The molecule has 0 unspecified atom stereocenters. The maximum Gasteiger partial charge on any atom is 0.253 e. The van der Waals surface area contributed by atoms with Gasteiger partial charge in [-0.05, 0) is 106 Å². The molecule has 5 rings (SSSR count). The number of hydrogen-bond donors (Lipinski definition) is 2. The van der Waals surface area contributed by atoms with Crippen LogP contribution in [0.25, 0.3) is 11.1 Å². The Balaban J connectivity index is 1.50. The van der Waals surface area contributed by atoms with Crippen molar-refractivity contribution < 1.29 is 4.79 Å². The zero-order valence-electron chi connectivity index (χ0n) is 25.9. The lowest BCUT2D eigenvalue weighted by Gasteiger charge is -2.33.